The van der Waals surface area contributed by atoms with E-state index in [0.29, 0.717) is 4.90 Å². The fraction of sp³-hybridized carbons (Fsp3) is 0.267. The summed E-state index contributed by atoms with van der Waals surface area (Å²) in [7, 11) is 2.61. The summed E-state index contributed by atoms with van der Waals surface area (Å²) >= 11 is 0. The third kappa shape index (κ3) is 4.56. The third-order valence-electron chi connectivity index (χ3n) is 3.26. The molecule has 28 heavy (non-hydrogen) atoms. The van der Waals surface area contributed by atoms with Crippen molar-refractivity contribution in [2.75, 3.05) is 33.2 Å². The van der Waals surface area contributed by atoms with Gasteiger partial charge in [-0.05, 0) is 12.1 Å². The number of amides is 3. The van der Waals surface area contributed by atoms with Crippen LogP contribution in [0.3, 0.4) is 0 Å². The zero-order chi connectivity index (χ0) is 20.8. The van der Waals surface area contributed by atoms with Crippen LogP contribution in [-0.2, 0) is 10.5 Å². The molecule has 0 bridgehead atoms. The molecule has 3 amide bonds. The summed E-state index contributed by atoms with van der Waals surface area (Å²) in [6, 6.07) is 2.96. The molecule has 0 N–H and O–H groups in total. The van der Waals surface area contributed by atoms with E-state index in [-0.39, 0.29) is 29.1 Å². The predicted molar refractivity (Wildman–Crippen MR) is 96.3 cm³/mol. The molecule has 0 aliphatic rings. The summed E-state index contributed by atoms with van der Waals surface area (Å²) in [6.45, 7) is 0. The number of carbonyl (C=O) groups excluding carboxylic acids is 2. The highest BCUT2D eigenvalue weighted by atomic mass is 32.2. The van der Waals surface area contributed by atoms with Crippen molar-refractivity contribution in [3.63, 3.8) is 0 Å². The Morgan fingerprint density at radius 2 is 1.71 bits per heavy atom. The van der Waals surface area contributed by atoms with Gasteiger partial charge >= 0.3 is 16.5 Å². The summed E-state index contributed by atoms with van der Waals surface area (Å²) in [6.07, 6.45) is 1.31. The normalized spacial score (nSPS) is 10.0. The van der Waals surface area contributed by atoms with E-state index in [1.807, 2.05) is 0 Å². The molecule has 0 unspecified atom stereocenters. The van der Waals surface area contributed by atoms with Gasteiger partial charge in [0.1, 0.15) is 0 Å². The number of pyridine rings is 1. The first-order valence-electron chi connectivity index (χ1n) is 7.57. The summed E-state index contributed by atoms with van der Waals surface area (Å²) in [5, 5.41) is 0. The molecule has 0 fully saturated rings. The van der Waals surface area contributed by atoms with Gasteiger partial charge in [-0.2, -0.15) is 18.4 Å². The molecule has 0 aliphatic carbocycles. The highest BCUT2D eigenvalue weighted by Gasteiger charge is 2.29. The lowest BCUT2D eigenvalue weighted by atomic mass is 10.2. The van der Waals surface area contributed by atoms with E-state index in [1.54, 1.807) is 0 Å². The Morgan fingerprint density at radius 1 is 1.11 bits per heavy atom. The first-order chi connectivity index (χ1) is 13.3. The number of anilines is 2. The van der Waals surface area contributed by atoms with Crippen molar-refractivity contribution in [2.24, 2.45) is 4.36 Å². The average Bonchev–Trinajstić information content (AvgIpc) is 2.67. The van der Waals surface area contributed by atoms with Crippen LogP contribution in [0.5, 0.6) is 11.8 Å². The first-order valence-corrected chi connectivity index (χ1v) is 8.60. The maximum Gasteiger partial charge on any atom is 0.371 e. The molecule has 0 saturated carbocycles. The van der Waals surface area contributed by atoms with Crippen LogP contribution in [0.1, 0.15) is 10.4 Å². The molecule has 2 aromatic rings. The molecule has 12 nitrogen and oxygen atoms in total. The first kappa shape index (κ1) is 20.7. The quantitative estimate of drug-likeness (QED) is 0.705. The largest absolute Gasteiger partial charge is 0.481 e. The summed E-state index contributed by atoms with van der Waals surface area (Å²) < 4.78 is 35.0. The highest BCUT2D eigenvalue weighted by molar-refractivity contribution is 7.62. The standard InChI is InChI=1S/C15H16N6O6S/c1-20(2)13(22)9-6-5-7-16-12(9)21(15(23)19-28(24)25)14-17-10(26-3)8-11(18-14)27-4/h5-8H,1-4H3. The summed E-state index contributed by atoms with van der Waals surface area (Å²) in [5.41, 5.74) is -0.00174. The zero-order valence-electron chi connectivity index (χ0n) is 15.4. The lowest BCUT2D eigenvalue weighted by molar-refractivity contribution is 0.0828. The van der Waals surface area contributed by atoms with Crippen LogP contribution >= 0.6 is 0 Å². The van der Waals surface area contributed by atoms with E-state index in [4.69, 9.17) is 9.47 Å². The van der Waals surface area contributed by atoms with Gasteiger partial charge in [0.25, 0.3) is 5.91 Å². The minimum atomic E-state index is -3.06. The maximum atomic E-state index is 12.5. The van der Waals surface area contributed by atoms with Crippen molar-refractivity contribution in [3.8, 4) is 11.8 Å². The van der Waals surface area contributed by atoms with Crippen LogP contribution in [0.15, 0.2) is 28.8 Å². The Hall–Kier alpha value is -3.61. The van der Waals surface area contributed by atoms with Crippen molar-refractivity contribution < 1.29 is 27.5 Å². The zero-order valence-corrected chi connectivity index (χ0v) is 16.2. The lowest BCUT2D eigenvalue weighted by Gasteiger charge is -2.21. The van der Waals surface area contributed by atoms with Gasteiger partial charge in [0.05, 0.1) is 25.8 Å². The predicted octanol–water partition coefficient (Wildman–Crippen LogP) is 0.911. The molecule has 0 aliphatic heterocycles. The Balaban J connectivity index is 2.78. The topological polar surface area (TPSA) is 144 Å². The van der Waals surface area contributed by atoms with E-state index in [1.165, 1.54) is 57.6 Å². The number of carbonyl (C=O) groups is 2. The number of nitrogens with zero attached hydrogens (tertiary/aromatic N) is 6. The SMILES string of the molecule is COc1cc(OC)nc(N(C(=O)N=S(=O)=O)c2ncccc2C(=O)N(C)C)n1. The molecular formula is C15H16N6O6S. The van der Waals surface area contributed by atoms with Crippen molar-refractivity contribution in [1.82, 2.24) is 19.9 Å². The minimum absolute atomic E-state index is 0.00174. The smallest absolute Gasteiger partial charge is 0.371 e. The molecule has 148 valence electrons. The van der Waals surface area contributed by atoms with Gasteiger partial charge in [0.2, 0.25) is 17.7 Å². The number of ether oxygens (including phenoxy) is 2. The molecule has 0 aromatic carbocycles. The van der Waals surface area contributed by atoms with Crippen molar-refractivity contribution in [2.45, 2.75) is 0 Å². The number of aromatic nitrogens is 3. The second-order valence-electron chi connectivity index (χ2n) is 5.25. The molecule has 2 aromatic heterocycles. The van der Waals surface area contributed by atoms with Crippen LogP contribution < -0.4 is 14.4 Å². The van der Waals surface area contributed by atoms with E-state index in [2.05, 4.69) is 19.3 Å². The van der Waals surface area contributed by atoms with Gasteiger partial charge in [-0.25, -0.2) is 14.7 Å². The van der Waals surface area contributed by atoms with Gasteiger partial charge in [0.15, 0.2) is 5.82 Å². The Morgan fingerprint density at radius 3 is 2.21 bits per heavy atom. The highest BCUT2D eigenvalue weighted by Crippen LogP contribution is 2.29. The molecule has 0 spiro atoms. The van der Waals surface area contributed by atoms with E-state index >= 15 is 0 Å². The molecule has 0 saturated heterocycles. The number of urea groups is 1. The fourth-order valence-electron chi connectivity index (χ4n) is 2.06. The van der Waals surface area contributed by atoms with Crippen molar-refractivity contribution >= 4 is 34.2 Å². The molecule has 2 heterocycles. The molecule has 0 radical (unpaired) electrons. The number of hydrogen-bond donors (Lipinski definition) is 0. The maximum absolute atomic E-state index is 12.5. The second-order valence-corrected chi connectivity index (χ2v) is 5.87. The summed E-state index contributed by atoms with van der Waals surface area (Å²) in [4.78, 5) is 39.0. The molecular weight excluding hydrogens is 392 g/mol. The van der Waals surface area contributed by atoms with Crippen LogP contribution in [0.25, 0.3) is 0 Å². The average molecular weight is 408 g/mol. The third-order valence-corrected chi connectivity index (χ3v) is 3.57. The number of methoxy groups -OCH3 is 2. The molecule has 2 rings (SSSR count). The number of hydrogen-bond acceptors (Lipinski definition) is 9. The Labute approximate surface area is 161 Å². The molecule has 0 atom stereocenters. The Kier molecular flexibility index (Phi) is 6.55. The summed E-state index contributed by atoms with van der Waals surface area (Å²) in [5.74, 6) is -0.991. The minimum Gasteiger partial charge on any atom is -0.481 e. The van der Waals surface area contributed by atoms with Gasteiger partial charge in [-0.1, -0.05) is 4.36 Å². The lowest BCUT2D eigenvalue weighted by Crippen LogP contribution is -2.30. The van der Waals surface area contributed by atoms with Crippen molar-refractivity contribution in [3.05, 3.63) is 30.0 Å². The van der Waals surface area contributed by atoms with Crippen LogP contribution in [-0.4, -0.2) is 68.5 Å². The van der Waals surface area contributed by atoms with E-state index in [0.717, 1.165) is 0 Å². The van der Waals surface area contributed by atoms with Gasteiger partial charge in [-0.15, -0.1) is 0 Å². The molecule has 13 heteroatoms. The van der Waals surface area contributed by atoms with E-state index < -0.39 is 22.4 Å². The van der Waals surface area contributed by atoms with Crippen molar-refractivity contribution in [1.29, 1.82) is 0 Å². The van der Waals surface area contributed by atoms with Gasteiger partial charge < -0.3 is 14.4 Å². The van der Waals surface area contributed by atoms with Gasteiger partial charge in [-0.3, -0.25) is 4.79 Å². The van der Waals surface area contributed by atoms with Crippen LogP contribution in [0, 0.1) is 0 Å². The van der Waals surface area contributed by atoms with Crippen LogP contribution in [0.2, 0.25) is 0 Å². The van der Waals surface area contributed by atoms with Crippen LogP contribution in [0.4, 0.5) is 16.6 Å². The van der Waals surface area contributed by atoms with Gasteiger partial charge in [0, 0.05) is 20.3 Å². The fourth-order valence-corrected chi connectivity index (χ4v) is 2.27. The van der Waals surface area contributed by atoms with E-state index in [9.17, 15) is 18.0 Å². The number of rotatable bonds is 5. The second kappa shape index (κ2) is 8.85. The Bertz CT molecular complexity index is 1010. The monoisotopic (exact) mass is 408 g/mol.